The van der Waals surface area contributed by atoms with Gasteiger partial charge in [0, 0.05) is 13.7 Å². The molecule has 6 nitrogen and oxygen atoms in total. The number of rotatable bonds is 19. The average Bonchev–Trinajstić information content (AvgIpc) is 2.64. The van der Waals surface area contributed by atoms with Crippen LogP contribution in [0.25, 0.3) is 0 Å². The van der Waals surface area contributed by atoms with Crippen LogP contribution < -0.4 is 0 Å². The molecule has 0 fully saturated rings. The largest absolute Gasteiger partial charge is 0.382 e. The second-order valence-corrected chi connectivity index (χ2v) is 8.25. The average molecular weight is 407 g/mol. The van der Waals surface area contributed by atoms with Gasteiger partial charge >= 0.3 is 0 Å². The number of hydrogen-bond acceptors (Lipinski definition) is 6. The maximum Gasteiger partial charge on any atom is 0.0781 e. The summed E-state index contributed by atoms with van der Waals surface area (Å²) >= 11 is 0. The number of ether oxygens (including phenoxy) is 6. The van der Waals surface area contributed by atoms with E-state index in [1.165, 1.54) is 6.42 Å². The van der Waals surface area contributed by atoms with Gasteiger partial charge in [0.2, 0.25) is 0 Å². The van der Waals surface area contributed by atoms with E-state index in [9.17, 15) is 0 Å². The van der Waals surface area contributed by atoms with Crippen molar-refractivity contribution in [2.75, 3.05) is 46.8 Å². The van der Waals surface area contributed by atoms with Gasteiger partial charge in [0.15, 0.2) is 0 Å². The Kier molecular flexibility index (Phi) is 17.5. The summed E-state index contributed by atoms with van der Waals surface area (Å²) in [4.78, 5) is 0. The Balaban J connectivity index is 3.69. The van der Waals surface area contributed by atoms with Gasteiger partial charge in [-0.25, -0.2) is 0 Å². The molecule has 0 aliphatic carbocycles. The zero-order chi connectivity index (χ0) is 21.4. The van der Waals surface area contributed by atoms with E-state index < -0.39 is 0 Å². The monoisotopic (exact) mass is 406 g/mol. The molecule has 0 rings (SSSR count). The molecule has 0 N–H and O–H groups in total. The van der Waals surface area contributed by atoms with E-state index in [1.807, 2.05) is 27.7 Å². The zero-order valence-corrected chi connectivity index (χ0v) is 19.6. The molecule has 0 aliphatic rings. The van der Waals surface area contributed by atoms with E-state index >= 15 is 0 Å². The Labute approximate surface area is 173 Å². The first-order chi connectivity index (χ1) is 13.2. The molecule has 28 heavy (non-hydrogen) atoms. The van der Waals surface area contributed by atoms with Crippen LogP contribution >= 0.6 is 0 Å². The lowest BCUT2D eigenvalue weighted by molar-refractivity contribution is -0.0984. The second kappa shape index (κ2) is 17.6. The van der Waals surface area contributed by atoms with Crippen LogP contribution in [0.2, 0.25) is 0 Å². The molecule has 0 heterocycles. The zero-order valence-electron chi connectivity index (χ0n) is 19.6. The summed E-state index contributed by atoms with van der Waals surface area (Å²) in [6.45, 7) is 18.1. The Morgan fingerprint density at radius 1 is 0.500 bits per heavy atom. The molecular formula is C22H46O6. The highest BCUT2D eigenvalue weighted by atomic mass is 16.6. The molecule has 0 amide bonds. The van der Waals surface area contributed by atoms with Crippen molar-refractivity contribution >= 4 is 0 Å². The number of methoxy groups -OCH3 is 1. The Morgan fingerprint density at radius 2 is 0.857 bits per heavy atom. The van der Waals surface area contributed by atoms with Gasteiger partial charge in [-0.2, -0.15) is 0 Å². The second-order valence-electron chi connectivity index (χ2n) is 8.25. The molecule has 5 unspecified atom stereocenters. The lowest BCUT2D eigenvalue weighted by Gasteiger charge is -2.22. The van der Waals surface area contributed by atoms with Gasteiger partial charge in [-0.05, 0) is 53.4 Å². The molecule has 0 saturated carbocycles. The van der Waals surface area contributed by atoms with Crippen molar-refractivity contribution in [1.29, 1.82) is 0 Å². The highest BCUT2D eigenvalue weighted by molar-refractivity contribution is 4.58. The van der Waals surface area contributed by atoms with Crippen molar-refractivity contribution in [3.05, 3.63) is 0 Å². The van der Waals surface area contributed by atoms with Crippen LogP contribution in [0, 0.1) is 5.92 Å². The Morgan fingerprint density at radius 3 is 1.21 bits per heavy atom. The predicted octanol–water partition coefficient (Wildman–Crippen LogP) is 4.09. The van der Waals surface area contributed by atoms with Gasteiger partial charge in [0.25, 0.3) is 0 Å². The normalized spacial score (nSPS) is 17.5. The lowest BCUT2D eigenvalue weighted by Crippen LogP contribution is -2.29. The summed E-state index contributed by atoms with van der Waals surface area (Å²) in [5.74, 6) is 0.730. The van der Waals surface area contributed by atoms with Crippen molar-refractivity contribution in [2.24, 2.45) is 5.92 Å². The minimum absolute atomic E-state index is 0.00889. The van der Waals surface area contributed by atoms with Gasteiger partial charge in [-0.1, -0.05) is 13.8 Å². The van der Waals surface area contributed by atoms with E-state index in [0.29, 0.717) is 33.0 Å². The molecule has 0 spiro atoms. The highest BCUT2D eigenvalue weighted by Crippen LogP contribution is 2.06. The van der Waals surface area contributed by atoms with E-state index in [-0.39, 0.29) is 30.5 Å². The molecule has 0 aromatic rings. The highest BCUT2D eigenvalue weighted by Gasteiger charge is 2.12. The van der Waals surface area contributed by atoms with Crippen molar-refractivity contribution < 1.29 is 28.4 Å². The van der Waals surface area contributed by atoms with Crippen LogP contribution in [0.1, 0.15) is 61.3 Å². The smallest absolute Gasteiger partial charge is 0.0781 e. The van der Waals surface area contributed by atoms with Gasteiger partial charge in [-0.3, -0.25) is 0 Å². The fourth-order valence-electron chi connectivity index (χ4n) is 2.45. The summed E-state index contributed by atoms with van der Waals surface area (Å²) in [5, 5.41) is 0. The predicted molar refractivity (Wildman–Crippen MR) is 113 cm³/mol. The first kappa shape index (κ1) is 27.8. The summed E-state index contributed by atoms with van der Waals surface area (Å²) in [5.41, 5.74) is 0. The fraction of sp³-hybridized carbons (Fsp3) is 1.00. The van der Waals surface area contributed by atoms with Crippen molar-refractivity contribution in [3.63, 3.8) is 0 Å². The molecule has 0 bridgehead atoms. The minimum Gasteiger partial charge on any atom is -0.382 e. The van der Waals surface area contributed by atoms with Crippen LogP contribution in [-0.4, -0.2) is 77.3 Å². The molecule has 5 atom stereocenters. The molecule has 0 aromatic heterocycles. The summed E-state index contributed by atoms with van der Waals surface area (Å²) in [7, 11) is 1.67. The molecule has 6 heteroatoms. The first-order valence-corrected chi connectivity index (χ1v) is 10.8. The van der Waals surface area contributed by atoms with Crippen molar-refractivity contribution in [1.82, 2.24) is 0 Å². The van der Waals surface area contributed by atoms with E-state index in [2.05, 4.69) is 20.8 Å². The van der Waals surface area contributed by atoms with Crippen LogP contribution in [0.3, 0.4) is 0 Å². The molecule has 0 radical (unpaired) electrons. The quantitative estimate of drug-likeness (QED) is 0.301. The van der Waals surface area contributed by atoms with Gasteiger partial charge in [0.05, 0.1) is 63.6 Å². The SMILES string of the molecule is COCC(C)OCC(C)OCC(C)OCC(C)OCC(C)OCCCC(C)C. The lowest BCUT2D eigenvalue weighted by atomic mass is 10.1. The van der Waals surface area contributed by atoms with Gasteiger partial charge in [0.1, 0.15) is 0 Å². The summed E-state index contributed by atoms with van der Waals surface area (Å²) < 4.78 is 33.9. The van der Waals surface area contributed by atoms with E-state index in [0.717, 1.165) is 18.9 Å². The van der Waals surface area contributed by atoms with E-state index in [4.69, 9.17) is 28.4 Å². The third-order valence-electron chi connectivity index (χ3n) is 4.19. The third-order valence-corrected chi connectivity index (χ3v) is 4.19. The van der Waals surface area contributed by atoms with Crippen LogP contribution in [-0.2, 0) is 28.4 Å². The van der Waals surface area contributed by atoms with E-state index in [1.54, 1.807) is 7.11 Å². The van der Waals surface area contributed by atoms with Crippen LogP contribution in [0.5, 0.6) is 0 Å². The summed E-state index contributed by atoms with van der Waals surface area (Å²) in [6, 6.07) is 0. The molecule has 0 aliphatic heterocycles. The standard InChI is InChI=1S/C22H46O6/c1-17(2)10-9-11-24-19(4)13-26-21(6)15-28-22(7)16-27-20(5)14-25-18(3)12-23-8/h17-22H,9-16H2,1-8H3. The number of hydrogen-bond donors (Lipinski definition) is 0. The van der Waals surface area contributed by atoms with Crippen LogP contribution in [0.4, 0.5) is 0 Å². The van der Waals surface area contributed by atoms with Gasteiger partial charge < -0.3 is 28.4 Å². The van der Waals surface area contributed by atoms with Crippen LogP contribution in [0.15, 0.2) is 0 Å². The fourth-order valence-corrected chi connectivity index (χ4v) is 2.45. The first-order valence-electron chi connectivity index (χ1n) is 10.8. The van der Waals surface area contributed by atoms with Crippen molar-refractivity contribution in [2.45, 2.75) is 91.8 Å². The maximum atomic E-state index is 5.82. The Hall–Kier alpha value is -0.240. The molecule has 0 saturated heterocycles. The van der Waals surface area contributed by atoms with Crippen molar-refractivity contribution in [3.8, 4) is 0 Å². The van der Waals surface area contributed by atoms with Gasteiger partial charge in [-0.15, -0.1) is 0 Å². The molecule has 0 aromatic carbocycles. The maximum absolute atomic E-state index is 5.82. The minimum atomic E-state index is 0.00889. The third kappa shape index (κ3) is 17.8. The summed E-state index contributed by atoms with van der Waals surface area (Å²) in [6.07, 6.45) is 2.55. The molecular weight excluding hydrogens is 360 g/mol. The topological polar surface area (TPSA) is 55.4 Å². The Bertz CT molecular complexity index is 339. The molecule has 170 valence electrons.